The summed E-state index contributed by atoms with van der Waals surface area (Å²) in [6, 6.07) is 9.17. The molecule has 0 radical (unpaired) electrons. The fourth-order valence-electron chi connectivity index (χ4n) is 1.50. The molecule has 4 heteroatoms. The van der Waals surface area contributed by atoms with E-state index in [1.165, 1.54) is 31.2 Å². The summed E-state index contributed by atoms with van der Waals surface area (Å²) >= 11 is 0. The van der Waals surface area contributed by atoms with Crippen molar-refractivity contribution < 1.29 is 13.2 Å². The fraction of sp³-hybridized carbons (Fsp3) is 0.364. The van der Waals surface area contributed by atoms with Gasteiger partial charge < -0.3 is 0 Å². The molecule has 1 nitrogen and oxygen atoms in total. The molecular formula is C11H10F3N. The second-order valence-corrected chi connectivity index (χ2v) is 3.35. The molecule has 1 aromatic rings. The van der Waals surface area contributed by atoms with E-state index in [1.807, 2.05) is 0 Å². The van der Waals surface area contributed by atoms with E-state index < -0.39 is 18.0 Å². The van der Waals surface area contributed by atoms with E-state index in [-0.39, 0.29) is 5.56 Å². The van der Waals surface area contributed by atoms with Gasteiger partial charge in [-0.1, -0.05) is 30.3 Å². The smallest absolute Gasteiger partial charge is 0.198 e. The van der Waals surface area contributed by atoms with Crippen LogP contribution in [0.3, 0.4) is 0 Å². The van der Waals surface area contributed by atoms with Crippen LogP contribution in [0.15, 0.2) is 30.3 Å². The maximum Gasteiger partial charge on any atom is 0.396 e. The van der Waals surface area contributed by atoms with Crippen LogP contribution in [0, 0.1) is 17.2 Å². The fourth-order valence-corrected chi connectivity index (χ4v) is 1.50. The highest BCUT2D eigenvalue weighted by Crippen LogP contribution is 2.39. The first-order chi connectivity index (χ1) is 6.96. The standard InChI is InChI=1S/C11H10F3N/c1-8(7-15)10(11(12,13)14)9-5-3-2-4-6-9/h2-6,8,10H,1H3. The second-order valence-electron chi connectivity index (χ2n) is 3.35. The van der Waals surface area contributed by atoms with Crippen LogP contribution >= 0.6 is 0 Å². The lowest BCUT2D eigenvalue weighted by Gasteiger charge is -2.22. The molecule has 2 unspecified atom stereocenters. The Labute approximate surface area is 86.1 Å². The normalized spacial score (nSPS) is 15.4. The van der Waals surface area contributed by atoms with Crippen LogP contribution < -0.4 is 0 Å². The third-order valence-corrected chi connectivity index (χ3v) is 2.21. The van der Waals surface area contributed by atoms with Crippen molar-refractivity contribution in [2.75, 3.05) is 0 Å². The molecule has 0 aliphatic rings. The highest BCUT2D eigenvalue weighted by Gasteiger charge is 2.44. The van der Waals surface area contributed by atoms with Crippen molar-refractivity contribution >= 4 is 0 Å². The van der Waals surface area contributed by atoms with Crippen molar-refractivity contribution in [2.45, 2.75) is 19.0 Å². The number of nitriles is 1. The largest absolute Gasteiger partial charge is 0.396 e. The van der Waals surface area contributed by atoms with Gasteiger partial charge in [-0.05, 0) is 12.5 Å². The zero-order valence-electron chi connectivity index (χ0n) is 8.12. The highest BCUT2D eigenvalue weighted by atomic mass is 19.4. The minimum atomic E-state index is -4.38. The van der Waals surface area contributed by atoms with E-state index >= 15 is 0 Å². The molecule has 0 heterocycles. The number of halogens is 3. The quantitative estimate of drug-likeness (QED) is 0.737. The molecule has 0 aliphatic carbocycles. The summed E-state index contributed by atoms with van der Waals surface area (Å²) in [5.41, 5.74) is 0.138. The van der Waals surface area contributed by atoms with Gasteiger partial charge in [0, 0.05) is 0 Å². The van der Waals surface area contributed by atoms with Gasteiger partial charge in [-0.3, -0.25) is 0 Å². The van der Waals surface area contributed by atoms with Crippen molar-refractivity contribution in [2.24, 2.45) is 5.92 Å². The van der Waals surface area contributed by atoms with Crippen LogP contribution in [0.2, 0.25) is 0 Å². The van der Waals surface area contributed by atoms with Crippen molar-refractivity contribution in [1.29, 1.82) is 5.26 Å². The van der Waals surface area contributed by atoms with Gasteiger partial charge in [0.1, 0.15) is 0 Å². The molecule has 0 fully saturated rings. The number of alkyl halides is 3. The molecule has 2 atom stereocenters. The van der Waals surface area contributed by atoms with Crippen LogP contribution in [0.1, 0.15) is 18.4 Å². The van der Waals surface area contributed by atoms with Crippen molar-refractivity contribution in [3.05, 3.63) is 35.9 Å². The Hall–Kier alpha value is -1.50. The maximum absolute atomic E-state index is 12.7. The lowest BCUT2D eigenvalue weighted by atomic mass is 9.87. The lowest BCUT2D eigenvalue weighted by Crippen LogP contribution is -2.26. The molecule has 0 amide bonds. The lowest BCUT2D eigenvalue weighted by molar-refractivity contribution is -0.156. The molecule has 0 saturated carbocycles. The molecule has 0 spiro atoms. The summed E-state index contributed by atoms with van der Waals surface area (Å²) < 4.78 is 38.1. The first-order valence-corrected chi connectivity index (χ1v) is 4.48. The van der Waals surface area contributed by atoms with Gasteiger partial charge in [0.25, 0.3) is 0 Å². The van der Waals surface area contributed by atoms with Crippen molar-refractivity contribution in [3.63, 3.8) is 0 Å². The zero-order valence-corrected chi connectivity index (χ0v) is 8.12. The van der Waals surface area contributed by atoms with Crippen LogP contribution in [-0.4, -0.2) is 6.18 Å². The van der Waals surface area contributed by atoms with Crippen LogP contribution in [0.4, 0.5) is 13.2 Å². The van der Waals surface area contributed by atoms with Crippen LogP contribution in [-0.2, 0) is 0 Å². The number of rotatable bonds is 2. The van der Waals surface area contributed by atoms with Gasteiger partial charge >= 0.3 is 6.18 Å². The average molecular weight is 213 g/mol. The SMILES string of the molecule is CC(C#N)C(c1ccccc1)C(F)(F)F. The highest BCUT2D eigenvalue weighted by molar-refractivity contribution is 5.23. The van der Waals surface area contributed by atoms with E-state index in [9.17, 15) is 13.2 Å². The Morgan fingerprint density at radius 3 is 2.13 bits per heavy atom. The van der Waals surface area contributed by atoms with Crippen LogP contribution in [0.25, 0.3) is 0 Å². The minimum absolute atomic E-state index is 0.138. The zero-order chi connectivity index (χ0) is 11.5. The van der Waals surface area contributed by atoms with Gasteiger partial charge in [-0.2, -0.15) is 18.4 Å². The number of benzene rings is 1. The van der Waals surface area contributed by atoms with Crippen LogP contribution in [0.5, 0.6) is 0 Å². The van der Waals surface area contributed by atoms with E-state index in [4.69, 9.17) is 5.26 Å². The molecule has 1 rings (SSSR count). The minimum Gasteiger partial charge on any atom is -0.198 e. The van der Waals surface area contributed by atoms with Crippen molar-refractivity contribution in [3.8, 4) is 6.07 Å². The molecule has 1 aromatic carbocycles. The third kappa shape index (κ3) is 2.72. The third-order valence-electron chi connectivity index (χ3n) is 2.21. The maximum atomic E-state index is 12.7. The Balaban J connectivity index is 3.09. The topological polar surface area (TPSA) is 23.8 Å². The second kappa shape index (κ2) is 4.35. The van der Waals surface area contributed by atoms with Crippen molar-refractivity contribution in [1.82, 2.24) is 0 Å². The van der Waals surface area contributed by atoms with Gasteiger partial charge in [-0.15, -0.1) is 0 Å². The number of hydrogen-bond acceptors (Lipinski definition) is 1. The monoisotopic (exact) mass is 213 g/mol. The molecule has 0 saturated heterocycles. The summed E-state index contributed by atoms with van der Waals surface area (Å²) in [7, 11) is 0. The molecule has 80 valence electrons. The first-order valence-electron chi connectivity index (χ1n) is 4.48. The summed E-state index contributed by atoms with van der Waals surface area (Å²) in [6.45, 7) is 1.28. The van der Waals surface area contributed by atoms with E-state index in [2.05, 4.69) is 0 Å². The molecule has 0 bridgehead atoms. The summed E-state index contributed by atoms with van der Waals surface area (Å²) in [4.78, 5) is 0. The predicted molar refractivity (Wildman–Crippen MR) is 50.0 cm³/mol. The van der Waals surface area contributed by atoms with Gasteiger partial charge in [-0.25, -0.2) is 0 Å². The first kappa shape index (κ1) is 11.6. The van der Waals surface area contributed by atoms with E-state index in [1.54, 1.807) is 12.1 Å². The molecule has 0 aromatic heterocycles. The molecular weight excluding hydrogens is 203 g/mol. The Morgan fingerprint density at radius 2 is 1.73 bits per heavy atom. The summed E-state index contributed by atoms with van der Waals surface area (Å²) in [6.07, 6.45) is -4.38. The summed E-state index contributed by atoms with van der Waals surface area (Å²) in [5.74, 6) is -2.78. The van der Waals surface area contributed by atoms with E-state index in [0.29, 0.717) is 0 Å². The number of hydrogen-bond donors (Lipinski definition) is 0. The molecule has 15 heavy (non-hydrogen) atoms. The van der Waals surface area contributed by atoms with Gasteiger partial charge in [0.05, 0.1) is 17.9 Å². The molecule has 0 N–H and O–H groups in total. The van der Waals surface area contributed by atoms with Gasteiger partial charge in [0.15, 0.2) is 0 Å². The average Bonchev–Trinajstić information content (AvgIpc) is 2.17. The Morgan fingerprint density at radius 1 is 1.20 bits per heavy atom. The number of nitrogens with zero attached hydrogens (tertiary/aromatic N) is 1. The Bertz CT molecular complexity index is 350. The van der Waals surface area contributed by atoms with Gasteiger partial charge in [0.2, 0.25) is 0 Å². The summed E-state index contributed by atoms with van der Waals surface area (Å²) in [5, 5.41) is 8.58. The predicted octanol–water partition coefficient (Wildman–Crippen LogP) is 3.49. The Kier molecular flexibility index (Phi) is 3.35. The van der Waals surface area contributed by atoms with E-state index in [0.717, 1.165) is 0 Å². The molecule has 0 aliphatic heterocycles.